The maximum Gasteiger partial charge on any atom is 0.264 e. The molecule has 0 aliphatic heterocycles. The van der Waals surface area contributed by atoms with Crippen molar-refractivity contribution in [1.29, 1.82) is 0 Å². The SMILES string of the molecule is C=C.CC.CCC.CCC.CCCCC.CCCS(=O)(=O)N(C)CC.O=c1c2cccc3cccc(c32)c2nc3cccc4cccc(c43)n12. The number of fused-ring (bicyclic) bond motifs is 3. The zero-order valence-corrected chi connectivity index (χ0v) is 33.8. The number of nitrogens with zero attached hydrogens (tertiary/aromatic N) is 3. The van der Waals surface area contributed by atoms with E-state index < -0.39 is 10.0 Å². The Hall–Kier alpha value is -3.81. The first-order valence-corrected chi connectivity index (χ1v) is 20.1. The van der Waals surface area contributed by atoms with Gasteiger partial charge in [-0.1, -0.05) is 156 Å². The molecule has 0 spiro atoms. The molecule has 50 heavy (non-hydrogen) atoms. The third-order valence-corrected chi connectivity index (χ3v) is 9.34. The molecular formula is C43H65N3O3S. The van der Waals surface area contributed by atoms with Crippen LogP contribution in [0.4, 0.5) is 0 Å². The molecule has 2 aromatic heterocycles. The topological polar surface area (TPSA) is 71.8 Å². The van der Waals surface area contributed by atoms with Crippen LogP contribution >= 0.6 is 0 Å². The summed E-state index contributed by atoms with van der Waals surface area (Å²) in [7, 11) is -1.32. The molecule has 6 rings (SSSR count). The number of sulfonamides is 1. The average Bonchev–Trinajstić information content (AvgIpc) is 3.13. The quantitative estimate of drug-likeness (QED) is 0.0983. The van der Waals surface area contributed by atoms with Crippen LogP contribution in [0.1, 0.15) is 108 Å². The highest BCUT2D eigenvalue weighted by Crippen LogP contribution is 2.31. The van der Waals surface area contributed by atoms with E-state index in [1.165, 1.54) is 36.4 Å². The van der Waals surface area contributed by atoms with Crippen LogP contribution in [0.25, 0.3) is 49.0 Å². The molecular weight excluding hydrogens is 639 g/mol. The predicted molar refractivity (Wildman–Crippen MR) is 225 cm³/mol. The maximum atomic E-state index is 13.3. The molecule has 0 saturated carbocycles. The highest BCUT2D eigenvalue weighted by Gasteiger charge is 2.16. The number of hydrogen-bond donors (Lipinski definition) is 0. The zero-order chi connectivity index (χ0) is 38.3. The Bertz CT molecular complexity index is 1950. The summed E-state index contributed by atoms with van der Waals surface area (Å²) >= 11 is 0. The molecule has 7 heteroatoms. The molecule has 276 valence electrons. The third kappa shape index (κ3) is 12.2. The van der Waals surface area contributed by atoms with Gasteiger partial charge < -0.3 is 0 Å². The summed E-state index contributed by atoms with van der Waals surface area (Å²) in [6.45, 7) is 27.2. The molecule has 0 amide bonds. The van der Waals surface area contributed by atoms with Crippen LogP contribution < -0.4 is 5.56 Å². The van der Waals surface area contributed by atoms with Crippen molar-refractivity contribution in [3.8, 4) is 0 Å². The van der Waals surface area contributed by atoms with Gasteiger partial charge in [0.15, 0.2) is 0 Å². The number of unbranched alkanes of at least 4 members (excludes halogenated alkanes) is 2. The van der Waals surface area contributed by atoms with Gasteiger partial charge in [-0.05, 0) is 35.4 Å². The predicted octanol–water partition coefficient (Wildman–Crippen LogP) is 12.3. The number of rotatable bonds is 6. The first-order chi connectivity index (χ1) is 24.1. The van der Waals surface area contributed by atoms with Gasteiger partial charge in [0, 0.05) is 35.1 Å². The minimum atomic E-state index is -2.93. The zero-order valence-electron chi connectivity index (χ0n) is 33.0. The van der Waals surface area contributed by atoms with Crippen molar-refractivity contribution in [3.63, 3.8) is 0 Å². The molecule has 0 aliphatic rings. The van der Waals surface area contributed by atoms with Crippen LogP contribution in [-0.4, -0.2) is 41.5 Å². The van der Waals surface area contributed by atoms with Crippen LogP contribution in [0.5, 0.6) is 0 Å². The van der Waals surface area contributed by atoms with E-state index in [0.717, 1.165) is 49.0 Å². The summed E-state index contributed by atoms with van der Waals surface area (Å²) in [5.74, 6) is 0.261. The van der Waals surface area contributed by atoms with Gasteiger partial charge >= 0.3 is 0 Å². The lowest BCUT2D eigenvalue weighted by atomic mass is 10.0. The van der Waals surface area contributed by atoms with E-state index in [9.17, 15) is 13.2 Å². The van der Waals surface area contributed by atoms with E-state index in [1.54, 1.807) is 11.4 Å². The lowest BCUT2D eigenvalue weighted by Crippen LogP contribution is -2.28. The fraction of sp³-hybridized carbons (Fsp3) is 0.442. The minimum Gasteiger partial charge on any atom is -0.268 e. The van der Waals surface area contributed by atoms with E-state index in [-0.39, 0.29) is 11.3 Å². The largest absolute Gasteiger partial charge is 0.268 e. The van der Waals surface area contributed by atoms with E-state index in [0.29, 0.717) is 13.0 Å². The Kier molecular flexibility index (Phi) is 23.3. The summed E-state index contributed by atoms with van der Waals surface area (Å²) in [6, 6.07) is 24.2. The van der Waals surface area contributed by atoms with Crippen molar-refractivity contribution in [2.24, 2.45) is 0 Å². The molecule has 6 aromatic rings. The monoisotopic (exact) mass is 703 g/mol. The second kappa shape index (κ2) is 25.2. The van der Waals surface area contributed by atoms with Crippen LogP contribution in [-0.2, 0) is 10.0 Å². The van der Waals surface area contributed by atoms with Crippen molar-refractivity contribution in [2.75, 3.05) is 19.3 Å². The molecule has 0 atom stereocenters. The van der Waals surface area contributed by atoms with Crippen molar-refractivity contribution in [2.45, 2.75) is 108 Å². The fourth-order valence-electron chi connectivity index (χ4n) is 5.04. The summed E-state index contributed by atoms with van der Waals surface area (Å²) in [5.41, 5.74) is 2.55. The van der Waals surface area contributed by atoms with Gasteiger partial charge in [0.2, 0.25) is 10.0 Å². The molecule has 4 aromatic carbocycles. The molecule has 0 aliphatic carbocycles. The number of aromatic nitrogens is 2. The molecule has 0 unspecified atom stereocenters. The number of hydrogen-bond acceptors (Lipinski definition) is 4. The second-order valence-electron chi connectivity index (χ2n) is 11.4. The lowest BCUT2D eigenvalue weighted by Gasteiger charge is -2.13. The molecule has 2 heterocycles. The van der Waals surface area contributed by atoms with Crippen LogP contribution in [0.2, 0.25) is 0 Å². The average molecular weight is 704 g/mol. The Labute approximate surface area is 303 Å². The smallest absolute Gasteiger partial charge is 0.264 e. The van der Waals surface area contributed by atoms with Crippen LogP contribution in [0.3, 0.4) is 0 Å². The molecule has 0 saturated heterocycles. The Morgan fingerprint density at radius 3 is 1.60 bits per heavy atom. The Morgan fingerprint density at radius 2 is 1.14 bits per heavy atom. The Morgan fingerprint density at radius 1 is 0.680 bits per heavy atom. The van der Waals surface area contributed by atoms with Crippen molar-refractivity contribution in [1.82, 2.24) is 13.7 Å². The summed E-state index contributed by atoms with van der Waals surface area (Å²) in [5, 5.41) is 5.96. The van der Waals surface area contributed by atoms with E-state index in [4.69, 9.17) is 4.98 Å². The first-order valence-electron chi connectivity index (χ1n) is 18.5. The number of benzene rings is 4. The molecule has 0 fully saturated rings. The maximum absolute atomic E-state index is 13.3. The van der Waals surface area contributed by atoms with Crippen LogP contribution in [0.15, 0.2) is 90.7 Å². The normalized spacial score (nSPS) is 10.3. The third-order valence-electron chi connectivity index (χ3n) is 7.21. The van der Waals surface area contributed by atoms with Gasteiger partial charge in [-0.15, -0.1) is 13.2 Å². The van der Waals surface area contributed by atoms with Crippen molar-refractivity contribution >= 4 is 59.0 Å². The van der Waals surface area contributed by atoms with Crippen molar-refractivity contribution < 1.29 is 8.42 Å². The lowest BCUT2D eigenvalue weighted by molar-refractivity contribution is 0.485. The fourth-order valence-corrected chi connectivity index (χ4v) is 6.26. The van der Waals surface area contributed by atoms with E-state index in [1.807, 2.05) is 82.3 Å². The Balaban J connectivity index is 0.000000804. The van der Waals surface area contributed by atoms with E-state index >= 15 is 0 Å². The number of pyridine rings is 1. The summed E-state index contributed by atoms with van der Waals surface area (Å²) < 4.78 is 25.3. The van der Waals surface area contributed by atoms with Gasteiger partial charge in [-0.3, -0.25) is 9.20 Å². The van der Waals surface area contributed by atoms with Crippen LogP contribution in [0, 0.1) is 0 Å². The summed E-state index contributed by atoms with van der Waals surface area (Å²) in [4.78, 5) is 18.2. The summed E-state index contributed by atoms with van der Waals surface area (Å²) in [6.07, 6.45) is 7.26. The van der Waals surface area contributed by atoms with Gasteiger partial charge in [-0.25, -0.2) is 17.7 Å². The first kappa shape index (κ1) is 46.2. The van der Waals surface area contributed by atoms with Gasteiger partial charge in [0.1, 0.15) is 5.65 Å². The van der Waals surface area contributed by atoms with Gasteiger partial charge in [0.25, 0.3) is 5.56 Å². The highest BCUT2D eigenvalue weighted by molar-refractivity contribution is 7.89. The van der Waals surface area contributed by atoms with E-state index in [2.05, 4.69) is 72.9 Å². The van der Waals surface area contributed by atoms with Gasteiger partial charge in [-0.2, -0.15) is 0 Å². The molecule has 0 radical (unpaired) electrons. The standard InChI is InChI=1S/C22H12N2O.C6H15NO2S.C5H12.2C3H8.C2H6.C2H4/c25-22-16-10-2-6-13-5-1-9-15(19(13)16)21-23-17-11-3-7-14-8-4-12-18(20(14)17)24(21)22;1-4-6-10(8,9)7(3)5-2;1-3-5-4-2;2*1-3-2;2*1-2/h1-12H;4-6H2,1-3H3;3-5H2,1-2H3;2*3H2,1-2H3;1-2H3;1-2H2. The van der Waals surface area contributed by atoms with Gasteiger partial charge in [0.05, 0.1) is 16.8 Å². The molecule has 6 nitrogen and oxygen atoms in total. The highest BCUT2D eigenvalue weighted by atomic mass is 32.2. The molecule has 0 N–H and O–H groups in total. The molecule has 0 bridgehead atoms. The minimum absolute atomic E-state index is 0.00921. The second-order valence-corrected chi connectivity index (χ2v) is 13.6. The van der Waals surface area contributed by atoms with Crippen molar-refractivity contribution in [3.05, 3.63) is 96.3 Å².